The van der Waals surface area contributed by atoms with E-state index >= 15 is 0 Å². The number of hydrogen-bond donors (Lipinski definition) is 0. The van der Waals surface area contributed by atoms with E-state index in [9.17, 15) is 0 Å². The Balaban J connectivity index is 2.16. The van der Waals surface area contributed by atoms with Crippen LogP contribution in [0.4, 0.5) is 0 Å². The molecular weight excluding hydrogens is 359 g/mol. The molecule has 2 nitrogen and oxygen atoms in total. The van der Waals surface area contributed by atoms with Gasteiger partial charge in [0.15, 0.2) is 0 Å². The third-order valence-electron chi connectivity index (χ3n) is 3.67. The van der Waals surface area contributed by atoms with Crippen LogP contribution >= 0.6 is 0 Å². The van der Waals surface area contributed by atoms with E-state index in [0.29, 0.717) is 0 Å². The van der Waals surface area contributed by atoms with Gasteiger partial charge in [-0.15, -0.1) is 0 Å². The molecule has 1 heterocycles. The van der Waals surface area contributed by atoms with Crippen molar-refractivity contribution in [3.8, 4) is 21.1 Å². The van der Waals surface area contributed by atoms with Gasteiger partial charge in [-0.3, -0.25) is 0 Å². The van der Waals surface area contributed by atoms with Crippen molar-refractivity contribution in [2.45, 2.75) is 6.92 Å². The van der Waals surface area contributed by atoms with E-state index < -0.39 is 0 Å². The first-order chi connectivity index (χ1) is 11.6. The van der Waals surface area contributed by atoms with Gasteiger partial charge in [0.2, 0.25) is 0 Å². The first-order valence-electron chi connectivity index (χ1n) is 7.94. The Morgan fingerprint density at radius 2 is 1.54 bits per heavy atom. The quantitative estimate of drug-likeness (QED) is 0.286. The van der Waals surface area contributed by atoms with Crippen LogP contribution in [0.1, 0.15) is 5.56 Å². The minimum atomic E-state index is 0.182. The van der Waals surface area contributed by atoms with Crippen LogP contribution in [0.2, 0.25) is 0 Å². The van der Waals surface area contributed by atoms with Crippen molar-refractivity contribution < 1.29 is 4.58 Å². The van der Waals surface area contributed by atoms with Gasteiger partial charge >= 0.3 is 149 Å². The second kappa shape index (κ2) is 7.57. The van der Waals surface area contributed by atoms with Crippen molar-refractivity contribution in [1.29, 1.82) is 0 Å². The van der Waals surface area contributed by atoms with Crippen LogP contribution in [-0.4, -0.2) is 39.5 Å². The molecule has 0 atom stereocenters. The molecule has 0 N–H and O–H groups in total. The fraction of sp³-hybridized carbons (Fsp3) is 0.143. The molecule has 0 saturated heterocycles. The Morgan fingerprint density at radius 3 is 2.21 bits per heavy atom. The summed E-state index contributed by atoms with van der Waals surface area (Å²) >= 11 is 0.182. The molecule has 0 saturated carbocycles. The van der Waals surface area contributed by atoms with E-state index in [2.05, 4.69) is 67.6 Å². The second-order valence-electron chi connectivity index (χ2n) is 5.96. The molecule has 24 heavy (non-hydrogen) atoms. The fourth-order valence-corrected chi connectivity index (χ4v) is 4.48. The summed E-state index contributed by atoms with van der Waals surface area (Å²) in [5.74, 6) is 0. The number of benzene rings is 2. The summed E-state index contributed by atoms with van der Waals surface area (Å²) in [5.41, 5.74) is 5.04. The van der Waals surface area contributed by atoms with Gasteiger partial charge in [-0.05, 0) is 0 Å². The van der Waals surface area contributed by atoms with E-state index in [1.54, 1.807) is 0 Å². The molecule has 0 amide bonds. The Kier molecular flexibility index (Phi) is 5.24. The van der Waals surface area contributed by atoms with Gasteiger partial charge in [-0.1, -0.05) is 0 Å². The Morgan fingerprint density at radius 1 is 0.833 bits per heavy atom. The van der Waals surface area contributed by atoms with E-state index in [4.69, 9.17) is 4.99 Å². The third kappa shape index (κ3) is 4.00. The summed E-state index contributed by atoms with van der Waals surface area (Å²) in [6.07, 6.45) is 1.89. The maximum absolute atomic E-state index is 4.77. The second-order valence-corrected chi connectivity index (χ2v) is 8.12. The van der Waals surface area contributed by atoms with Gasteiger partial charge in [0.05, 0.1) is 0 Å². The molecular formula is C21H21N2Se+. The third-order valence-corrected chi connectivity index (χ3v) is 5.99. The Hall–Kier alpha value is -2.22. The van der Waals surface area contributed by atoms with Crippen molar-refractivity contribution >= 4 is 20.8 Å². The zero-order chi connectivity index (χ0) is 16.9. The molecule has 3 heteroatoms. The van der Waals surface area contributed by atoms with Gasteiger partial charge in [0.1, 0.15) is 0 Å². The number of rotatable bonds is 3. The van der Waals surface area contributed by atoms with Crippen LogP contribution in [0.3, 0.4) is 0 Å². The molecule has 3 aromatic rings. The van der Waals surface area contributed by atoms with Gasteiger partial charge in [-0.2, -0.15) is 0 Å². The molecule has 3 rings (SSSR count). The molecule has 2 aromatic carbocycles. The van der Waals surface area contributed by atoms with Crippen molar-refractivity contribution in [3.05, 3.63) is 76.5 Å². The van der Waals surface area contributed by atoms with E-state index in [1.165, 1.54) is 30.9 Å². The maximum atomic E-state index is 4.77. The van der Waals surface area contributed by atoms with Crippen LogP contribution < -0.4 is 4.23 Å². The standard InChI is InChI=1S/C21H21N2Se/c1-16-9-11-18(12-10-16)20-14-13-19(17-7-5-4-6-8-17)21(24-20)22-15-23(2)3/h4-15H,1-3H3/q+1. The summed E-state index contributed by atoms with van der Waals surface area (Å²) in [4.78, 5) is 4.77. The van der Waals surface area contributed by atoms with Gasteiger partial charge < -0.3 is 0 Å². The predicted octanol–water partition coefficient (Wildman–Crippen LogP) is 3.59. The van der Waals surface area contributed by atoms with Crippen molar-refractivity contribution in [2.24, 2.45) is 4.99 Å². The van der Waals surface area contributed by atoms with Crippen LogP contribution in [0.25, 0.3) is 21.1 Å². The van der Waals surface area contributed by atoms with Crippen LogP contribution in [0, 0.1) is 6.92 Å². The molecule has 0 radical (unpaired) electrons. The zero-order valence-corrected chi connectivity index (χ0v) is 15.9. The summed E-state index contributed by atoms with van der Waals surface area (Å²) in [7, 11) is 4.00. The summed E-state index contributed by atoms with van der Waals surface area (Å²) in [5, 5.41) is 0. The minimum absolute atomic E-state index is 0.182. The number of hydrogen-bond acceptors (Lipinski definition) is 0. The summed E-state index contributed by atoms with van der Waals surface area (Å²) in [6.45, 7) is 2.12. The summed E-state index contributed by atoms with van der Waals surface area (Å²) in [6, 6.07) is 23.7. The Labute approximate surface area is 149 Å². The molecule has 0 bridgehead atoms. The first-order valence-corrected chi connectivity index (χ1v) is 9.65. The molecule has 0 aliphatic carbocycles. The molecule has 1 aromatic heterocycles. The average molecular weight is 380 g/mol. The SMILES string of the molecule is Cc1ccc(-c2ccc(-c3ccccc3)c(=NC=[N+](C)C)[se]2)cc1. The normalized spacial score (nSPS) is 11.4. The molecule has 0 unspecified atom stereocenters. The number of nitrogens with zero attached hydrogens (tertiary/aromatic N) is 2. The molecule has 0 spiro atoms. The van der Waals surface area contributed by atoms with E-state index in [-0.39, 0.29) is 14.5 Å². The van der Waals surface area contributed by atoms with Gasteiger partial charge in [0.25, 0.3) is 0 Å². The monoisotopic (exact) mass is 381 g/mol. The molecule has 0 fully saturated rings. The molecule has 0 aliphatic rings. The fourth-order valence-electron chi connectivity index (χ4n) is 2.40. The molecule has 0 aliphatic heterocycles. The number of aryl methyl sites for hydroxylation is 1. The molecule has 120 valence electrons. The van der Waals surface area contributed by atoms with Gasteiger partial charge in [-0.25, -0.2) is 0 Å². The topological polar surface area (TPSA) is 15.4 Å². The van der Waals surface area contributed by atoms with E-state index in [0.717, 1.165) is 0 Å². The van der Waals surface area contributed by atoms with Crippen LogP contribution in [0.15, 0.2) is 71.7 Å². The van der Waals surface area contributed by atoms with Crippen LogP contribution in [-0.2, 0) is 0 Å². The van der Waals surface area contributed by atoms with Gasteiger partial charge in [0, 0.05) is 0 Å². The predicted molar refractivity (Wildman–Crippen MR) is 103 cm³/mol. The average Bonchev–Trinajstić information content (AvgIpc) is 2.61. The van der Waals surface area contributed by atoms with Crippen LogP contribution in [0.5, 0.6) is 0 Å². The van der Waals surface area contributed by atoms with Crippen molar-refractivity contribution in [1.82, 2.24) is 0 Å². The van der Waals surface area contributed by atoms with Crippen molar-refractivity contribution in [3.63, 3.8) is 0 Å². The zero-order valence-electron chi connectivity index (χ0n) is 14.2. The summed E-state index contributed by atoms with van der Waals surface area (Å²) < 4.78 is 4.52. The van der Waals surface area contributed by atoms with Crippen molar-refractivity contribution in [2.75, 3.05) is 14.1 Å². The Bertz CT molecular complexity index is 916. The first kappa shape index (κ1) is 16.6. The van der Waals surface area contributed by atoms with E-state index in [1.807, 2.05) is 31.1 Å².